The van der Waals surface area contributed by atoms with Crippen LogP contribution in [0.2, 0.25) is 0 Å². The Balaban J connectivity index is 1.39. The van der Waals surface area contributed by atoms with Crippen LogP contribution in [0.4, 0.5) is 21.5 Å². The SMILES string of the molecule is CCOC(=O)C1CN2NC=NC(=Nc3cc(NC(=O)c4cc(F)cc(N5CCOCC5)c4)ccc3C)C2=C1C. The van der Waals surface area contributed by atoms with Gasteiger partial charge in [0.05, 0.1) is 38.0 Å². The molecule has 10 nitrogen and oxygen atoms in total. The molecule has 3 aliphatic rings. The van der Waals surface area contributed by atoms with Gasteiger partial charge in [-0.05, 0) is 62.2 Å². The maximum Gasteiger partial charge on any atom is 0.315 e. The Hall–Kier alpha value is -4.25. The van der Waals surface area contributed by atoms with Crippen LogP contribution in [0.3, 0.4) is 0 Å². The number of hydrogen-bond acceptors (Lipinski definition) is 8. The molecule has 11 heteroatoms. The molecular formula is C28H31FN6O4. The monoisotopic (exact) mass is 534 g/mol. The van der Waals surface area contributed by atoms with Crippen LogP contribution in [0, 0.1) is 18.7 Å². The third kappa shape index (κ3) is 5.63. The number of esters is 1. The van der Waals surface area contributed by atoms with Crippen LogP contribution in [0.15, 0.2) is 57.7 Å². The number of aliphatic imine (C=N–C) groups is 2. The number of hydrazine groups is 1. The van der Waals surface area contributed by atoms with Crippen LogP contribution < -0.4 is 15.6 Å². The molecule has 204 valence electrons. The van der Waals surface area contributed by atoms with Gasteiger partial charge in [0, 0.05) is 30.0 Å². The zero-order valence-corrected chi connectivity index (χ0v) is 22.2. The predicted molar refractivity (Wildman–Crippen MR) is 147 cm³/mol. The van der Waals surface area contributed by atoms with Gasteiger partial charge in [-0.25, -0.2) is 14.4 Å². The van der Waals surface area contributed by atoms with Gasteiger partial charge in [0.25, 0.3) is 5.91 Å². The Morgan fingerprint density at radius 2 is 2.00 bits per heavy atom. The summed E-state index contributed by atoms with van der Waals surface area (Å²) in [5, 5.41) is 4.69. The molecule has 0 radical (unpaired) electrons. The van der Waals surface area contributed by atoms with Crippen molar-refractivity contribution in [1.29, 1.82) is 0 Å². The number of rotatable bonds is 6. The largest absolute Gasteiger partial charge is 0.465 e. The van der Waals surface area contributed by atoms with Crippen molar-refractivity contribution in [1.82, 2.24) is 10.4 Å². The molecule has 5 rings (SSSR count). The standard InChI is InChI=1S/C28H31FN6O4/c1-4-39-28(37)23-15-35-25(18(23)3)26(30-16-31-35)33-24-14-21(6-5-17(24)2)32-27(36)19-11-20(29)13-22(12-19)34-7-9-38-10-8-34/h5-6,11-14,16,23H,4,7-10,15H2,1-3H3,(H,32,36)(H,30,31,33). The number of nitrogens with zero attached hydrogens (tertiary/aromatic N) is 4. The molecule has 39 heavy (non-hydrogen) atoms. The number of nitrogens with one attached hydrogen (secondary N) is 2. The Labute approximate surface area is 226 Å². The van der Waals surface area contributed by atoms with Crippen molar-refractivity contribution >= 4 is 41.1 Å². The fourth-order valence-electron chi connectivity index (χ4n) is 4.83. The van der Waals surface area contributed by atoms with Gasteiger partial charge < -0.3 is 19.7 Å². The van der Waals surface area contributed by atoms with E-state index in [2.05, 4.69) is 15.7 Å². The summed E-state index contributed by atoms with van der Waals surface area (Å²) in [7, 11) is 0. The van der Waals surface area contributed by atoms with E-state index in [1.54, 1.807) is 25.1 Å². The van der Waals surface area contributed by atoms with Crippen molar-refractivity contribution < 1.29 is 23.5 Å². The Morgan fingerprint density at radius 3 is 2.77 bits per heavy atom. The third-order valence-corrected chi connectivity index (χ3v) is 6.93. The molecule has 0 aromatic heterocycles. The number of benzene rings is 2. The second kappa shape index (κ2) is 11.2. The highest BCUT2D eigenvalue weighted by Crippen LogP contribution is 2.32. The van der Waals surface area contributed by atoms with E-state index in [0.29, 0.717) is 62.4 Å². The van der Waals surface area contributed by atoms with Crippen LogP contribution in [0.1, 0.15) is 29.8 Å². The molecule has 1 amide bonds. The summed E-state index contributed by atoms with van der Waals surface area (Å²) in [4.78, 5) is 36.7. The number of fused-ring (bicyclic) bond motifs is 1. The van der Waals surface area contributed by atoms with Crippen molar-refractivity contribution in [3.63, 3.8) is 0 Å². The van der Waals surface area contributed by atoms with Gasteiger partial charge >= 0.3 is 5.97 Å². The van der Waals surface area contributed by atoms with Crippen molar-refractivity contribution in [3.05, 3.63) is 64.6 Å². The lowest BCUT2D eigenvalue weighted by atomic mass is 10.0. The summed E-state index contributed by atoms with van der Waals surface area (Å²) in [6, 6.07) is 9.71. The van der Waals surface area contributed by atoms with E-state index in [4.69, 9.17) is 14.5 Å². The maximum atomic E-state index is 14.4. The van der Waals surface area contributed by atoms with Crippen molar-refractivity contribution in [3.8, 4) is 0 Å². The van der Waals surface area contributed by atoms with Crippen LogP contribution in [0.5, 0.6) is 0 Å². The summed E-state index contributed by atoms with van der Waals surface area (Å²) in [6.07, 6.45) is 1.53. The van der Waals surface area contributed by atoms with E-state index < -0.39 is 17.6 Å². The first-order valence-corrected chi connectivity index (χ1v) is 12.9. The smallest absolute Gasteiger partial charge is 0.315 e. The molecule has 0 saturated carbocycles. The Morgan fingerprint density at radius 1 is 1.21 bits per heavy atom. The van der Waals surface area contributed by atoms with Crippen molar-refractivity contribution in [2.45, 2.75) is 20.8 Å². The third-order valence-electron chi connectivity index (χ3n) is 6.93. The van der Waals surface area contributed by atoms with Crippen molar-refractivity contribution in [2.24, 2.45) is 15.9 Å². The van der Waals surface area contributed by atoms with E-state index >= 15 is 0 Å². The summed E-state index contributed by atoms with van der Waals surface area (Å²) in [6.45, 7) is 8.69. The highest BCUT2D eigenvalue weighted by Gasteiger charge is 2.38. The fourth-order valence-corrected chi connectivity index (χ4v) is 4.83. The molecule has 2 aromatic rings. The zero-order chi connectivity index (χ0) is 27.5. The molecule has 0 aliphatic carbocycles. The summed E-state index contributed by atoms with van der Waals surface area (Å²) in [5.41, 5.74) is 7.46. The quantitative estimate of drug-likeness (QED) is 0.546. The number of halogens is 1. The van der Waals surface area contributed by atoms with Gasteiger partial charge in [0.1, 0.15) is 17.9 Å². The lowest BCUT2D eigenvalue weighted by molar-refractivity contribution is -0.146. The molecular weight excluding hydrogens is 503 g/mol. The first kappa shape index (κ1) is 26.4. The highest BCUT2D eigenvalue weighted by molar-refractivity contribution is 6.07. The average molecular weight is 535 g/mol. The molecule has 2 N–H and O–H groups in total. The van der Waals surface area contributed by atoms with E-state index in [-0.39, 0.29) is 11.5 Å². The van der Waals surface area contributed by atoms with E-state index in [1.165, 1.54) is 18.5 Å². The normalized spacial score (nSPS) is 19.7. The zero-order valence-electron chi connectivity index (χ0n) is 22.2. The van der Waals surface area contributed by atoms with Gasteiger partial charge in [0.15, 0.2) is 5.84 Å². The molecule has 0 bridgehead atoms. The molecule has 2 aromatic carbocycles. The van der Waals surface area contributed by atoms with Gasteiger partial charge in [-0.1, -0.05) is 6.07 Å². The number of amidine groups is 1. The first-order chi connectivity index (χ1) is 18.8. The Kier molecular flexibility index (Phi) is 7.60. The number of aryl methyl sites for hydroxylation is 1. The number of hydrogen-bond donors (Lipinski definition) is 2. The number of ether oxygens (including phenoxy) is 2. The number of morpholine rings is 1. The second-order valence-corrected chi connectivity index (χ2v) is 9.52. The second-order valence-electron chi connectivity index (χ2n) is 9.52. The number of amides is 1. The minimum Gasteiger partial charge on any atom is -0.465 e. The van der Waals surface area contributed by atoms with Gasteiger partial charge in [-0.2, -0.15) is 0 Å². The lowest BCUT2D eigenvalue weighted by Gasteiger charge is -2.29. The average Bonchev–Trinajstić information content (AvgIpc) is 3.28. The molecule has 1 fully saturated rings. The lowest BCUT2D eigenvalue weighted by Crippen LogP contribution is -2.41. The molecule has 0 spiro atoms. The number of anilines is 2. The summed E-state index contributed by atoms with van der Waals surface area (Å²) in [5.74, 6) is -1.16. The molecule has 3 aliphatic heterocycles. The summed E-state index contributed by atoms with van der Waals surface area (Å²) < 4.78 is 25.0. The van der Waals surface area contributed by atoms with Gasteiger partial charge in [-0.15, -0.1) is 0 Å². The maximum absolute atomic E-state index is 14.4. The molecule has 1 unspecified atom stereocenters. The van der Waals surface area contributed by atoms with E-state index in [9.17, 15) is 14.0 Å². The van der Waals surface area contributed by atoms with Crippen LogP contribution in [-0.4, -0.2) is 68.5 Å². The van der Waals surface area contributed by atoms with Crippen molar-refractivity contribution in [2.75, 3.05) is 49.7 Å². The predicted octanol–water partition coefficient (Wildman–Crippen LogP) is 3.57. The van der Waals surface area contributed by atoms with Crippen LogP contribution in [0.25, 0.3) is 0 Å². The van der Waals surface area contributed by atoms with Crippen LogP contribution >= 0.6 is 0 Å². The van der Waals surface area contributed by atoms with Gasteiger partial charge in [-0.3, -0.25) is 20.0 Å². The topological polar surface area (TPSA) is 108 Å². The summed E-state index contributed by atoms with van der Waals surface area (Å²) >= 11 is 0. The molecule has 1 saturated heterocycles. The minimum atomic E-state index is -0.477. The van der Waals surface area contributed by atoms with E-state index in [0.717, 1.165) is 16.8 Å². The highest BCUT2D eigenvalue weighted by atomic mass is 19.1. The first-order valence-electron chi connectivity index (χ1n) is 12.9. The minimum absolute atomic E-state index is 0.222. The van der Waals surface area contributed by atoms with Crippen LogP contribution in [-0.2, 0) is 14.3 Å². The fraction of sp³-hybridized carbons (Fsp3) is 0.357. The number of carbonyl (C=O) groups is 2. The Bertz CT molecular complexity index is 1380. The molecule has 3 heterocycles. The molecule has 1 atom stereocenters. The number of carbonyl (C=O) groups excluding carboxylic acids is 2. The van der Waals surface area contributed by atoms with Gasteiger partial charge in [0.2, 0.25) is 0 Å². The van der Waals surface area contributed by atoms with E-state index in [1.807, 2.05) is 29.8 Å².